The van der Waals surface area contributed by atoms with Crippen LogP contribution in [0.15, 0.2) is 0 Å². The highest BCUT2D eigenvalue weighted by molar-refractivity contribution is 4.62. The minimum Gasteiger partial charge on any atom is -0.286 e. The smallest absolute Gasteiger partial charge is 0.286 e. The molecule has 0 aromatic rings. The second-order valence-electron chi connectivity index (χ2n) is 1.54. The SMILES string of the molecule is O=[N+]([O-])C1(F)CCO1. The molecule has 1 fully saturated rings. The Bertz CT molecular complexity index is 122. The maximum Gasteiger partial charge on any atom is 0.478 e. The summed E-state index contributed by atoms with van der Waals surface area (Å²) in [4.78, 5) is 8.55. The van der Waals surface area contributed by atoms with Crippen LogP contribution in [0.3, 0.4) is 0 Å². The minimum absolute atomic E-state index is 0.125. The van der Waals surface area contributed by atoms with E-state index in [4.69, 9.17) is 0 Å². The largest absolute Gasteiger partial charge is 0.478 e. The van der Waals surface area contributed by atoms with Crippen molar-refractivity contribution in [3.8, 4) is 0 Å². The molecular weight excluding hydrogens is 117 g/mol. The molecule has 1 rings (SSSR count). The molecule has 1 heterocycles. The molecule has 0 N–H and O–H groups in total. The van der Waals surface area contributed by atoms with Crippen LogP contribution in [0, 0.1) is 10.1 Å². The zero-order valence-electron chi connectivity index (χ0n) is 3.96. The zero-order valence-corrected chi connectivity index (χ0v) is 3.96. The first-order chi connectivity index (χ1) is 3.65. The van der Waals surface area contributed by atoms with Crippen LogP contribution in [0.5, 0.6) is 0 Å². The summed E-state index contributed by atoms with van der Waals surface area (Å²) in [6, 6.07) is 0. The lowest BCUT2D eigenvalue weighted by Gasteiger charge is -2.23. The van der Waals surface area contributed by atoms with Crippen molar-refractivity contribution in [1.82, 2.24) is 0 Å². The third-order valence-corrected chi connectivity index (χ3v) is 1.01. The Labute approximate surface area is 44.4 Å². The molecule has 1 unspecified atom stereocenters. The fraction of sp³-hybridized carbons (Fsp3) is 1.00. The molecule has 46 valence electrons. The van der Waals surface area contributed by atoms with Crippen molar-refractivity contribution in [2.75, 3.05) is 6.61 Å². The van der Waals surface area contributed by atoms with Crippen LogP contribution in [-0.4, -0.2) is 17.5 Å². The van der Waals surface area contributed by atoms with Crippen LogP contribution in [0.4, 0.5) is 4.39 Å². The molecule has 0 amide bonds. The fourth-order valence-electron chi connectivity index (χ4n) is 0.414. The van der Waals surface area contributed by atoms with Crippen LogP contribution in [0.1, 0.15) is 6.42 Å². The molecule has 5 heteroatoms. The lowest BCUT2D eigenvalue weighted by molar-refractivity contribution is -0.695. The number of hydrogen-bond donors (Lipinski definition) is 0. The quantitative estimate of drug-likeness (QED) is 0.285. The van der Waals surface area contributed by atoms with Crippen molar-refractivity contribution in [2.24, 2.45) is 0 Å². The number of nitro groups is 1. The van der Waals surface area contributed by atoms with Gasteiger partial charge in [-0.25, -0.2) is 0 Å². The third kappa shape index (κ3) is 0.551. The predicted octanol–water partition coefficient (Wildman–Crippen LogP) is 0.307. The van der Waals surface area contributed by atoms with E-state index in [0.29, 0.717) is 0 Å². The van der Waals surface area contributed by atoms with E-state index in [9.17, 15) is 14.5 Å². The van der Waals surface area contributed by atoms with Gasteiger partial charge in [-0.3, -0.25) is 14.9 Å². The van der Waals surface area contributed by atoms with E-state index in [1.807, 2.05) is 0 Å². The average Bonchev–Trinajstić information content (AvgIpc) is 1.60. The first-order valence-electron chi connectivity index (χ1n) is 2.12. The average molecular weight is 121 g/mol. The predicted molar refractivity (Wildman–Crippen MR) is 21.4 cm³/mol. The van der Waals surface area contributed by atoms with E-state index in [2.05, 4.69) is 4.74 Å². The summed E-state index contributed by atoms with van der Waals surface area (Å²) >= 11 is 0. The Balaban J connectivity index is 2.53. The van der Waals surface area contributed by atoms with Gasteiger partial charge in [0.2, 0.25) is 0 Å². The molecule has 0 spiro atoms. The molecular formula is C3H4FNO3. The molecule has 0 aromatic heterocycles. The Hall–Kier alpha value is -0.710. The summed E-state index contributed by atoms with van der Waals surface area (Å²) in [5.74, 6) is -2.56. The van der Waals surface area contributed by atoms with Crippen molar-refractivity contribution in [1.29, 1.82) is 0 Å². The first kappa shape index (κ1) is 5.43. The summed E-state index contributed by atoms with van der Waals surface area (Å²) in [6.45, 7) is 0.150. The van der Waals surface area contributed by atoms with Crippen LogP contribution >= 0.6 is 0 Å². The molecule has 0 saturated carbocycles. The van der Waals surface area contributed by atoms with Crippen LogP contribution < -0.4 is 0 Å². The van der Waals surface area contributed by atoms with E-state index >= 15 is 0 Å². The van der Waals surface area contributed by atoms with Gasteiger partial charge in [-0.15, -0.1) is 4.39 Å². The van der Waals surface area contributed by atoms with Crippen molar-refractivity contribution >= 4 is 0 Å². The van der Waals surface area contributed by atoms with Gasteiger partial charge >= 0.3 is 5.98 Å². The van der Waals surface area contributed by atoms with Gasteiger partial charge in [-0.05, 0) is 0 Å². The Morgan fingerprint density at radius 1 is 1.88 bits per heavy atom. The van der Waals surface area contributed by atoms with E-state index in [1.165, 1.54) is 0 Å². The molecule has 1 atom stereocenters. The molecule has 4 nitrogen and oxygen atoms in total. The molecule has 1 aliphatic rings. The highest BCUT2D eigenvalue weighted by Crippen LogP contribution is 2.27. The highest BCUT2D eigenvalue weighted by atomic mass is 19.2. The van der Waals surface area contributed by atoms with Crippen LogP contribution in [0.2, 0.25) is 0 Å². The van der Waals surface area contributed by atoms with Gasteiger partial charge in [-0.1, -0.05) is 0 Å². The molecule has 8 heavy (non-hydrogen) atoms. The van der Waals surface area contributed by atoms with Gasteiger partial charge in [0.25, 0.3) is 0 Å². The second-order valence-corrected chi connectivity index (χ2v) is 1.54. The molecule has 0 bridgehead atoms. The molecule has 1 saturated heterocycles. The molecule has 0 aliphatic carbocycles. The van der Waals surface area contributed by atoms with Crippen molar-refractivity contribution in [3.05, 3.63) is 10.1 Å². The van der Waals surface area contributed by atoms with Crippen LogP contribution in [-0.2, 0) is 4.74 Å². The van der Waals surface area contributed by atoms with Gasteiger partial charge in [-0.2, -0.15) is 0 Å². The molecule has 0 radical (unpaired) electrons. The Morgan fingerprint density at radius 3 is 2.38 bits per heavy atom. The van der Waals surface area contributed by atoms with Crippen molar-refractivity contribution < 1.29 is 14.1 Å². The van der Waals surface area contributed by atoms with Crippen molar-refractivity contribution in [2.45, 2.75) is 12.4 Å². The van der Waals surface area contributed by atoms with E-state index in [-0.39, 0.29) is 13.0 Å². The summed E-state index contributed by atoms with van der Waals surface area (Å²) in [7, 11) is 0. The topological polar surface area (TPSA) is 52.4 Å². The molecule has 1 aliphatic heterocycles. The van der Waals surface area contributed by atoms with Gasteiger partial charge in [0.05, 0.1) is 11.5 Å². The summed E-state index contributed by atoms with van der Waals surface area (Å²) < 4.78 is 16.1. The van der Waals surface area contributed by atoms with E-state index in [1.54, 1.807) is 0 Å². The third-order valence-electron chi connectivity index (χ3n) is 1.01. The normalized spacial score (nSPS) is 36.1. The number of rotatable bonds is 1. The van der Waals surface area contributed by atoms with Gasteiger partial charge in [0, 0.05) is 0 Å². The zero-order chi connectivity index (χ0) is 6.20. The fourth-order valence-corrected chi connectivity index (χ4v) is 0.414. The van der Waals surface area contributed by atoms with Crippen molar-refractivity contribution in [3.63, 3.8) is 0 Å². The van der Waals surface area contributed by atoms with E-state index < -0.39 is 10.9 Å². The van der Waals surface area contributed by atoms with Crippen LogP contribution in [0.25, 0.3) is 0 Å². The van der Waals surface area contributed by atoms with E-state index in [0.717, 1.165) is 0 Å². The second kappa shape index (κ2) is 1.38. The monoisotopic (exact) mass is 121 g/mol. The maximum absolute atomic E-state index is 12.1. The summed E-state index contributed by atoms with van der Waals surface area (Å²) in [6.07, 6.45) is -0.125. The Morgan fingerprint density at radius 2 is 2.38 bits per heavy atom. The number of alkyl halides is 1. The minimum atomic E-state index is -2.56. The Kier molecular flexibility index (Phi) is 0.937. The number of halogens is 1. The van der Waals surface area contributed by atoms with Gasteiger partial charge < -0.3 is 0 Å². The lowest BCUT2D eigenvalue weighted by atomic mass is 10.3. The maximum atomic E-state index is 12.1. The summed E-state index contributed by atoms with van der Waals surface area (Å²) in [5.41, 5.74) is 0. The van der Waals surface area contributed by atoms with Gasteiger partial charge in [0.15, 0.2) is 0 Å². The molecule has 0 aromatic carbocycles. The number of ether oxygens (including phenoxy) is 1. The standard InChI is InChI=1S/C3H4FNO3/c4-3(5(6)7)1-2-8-3/h1-2H2. The summed E-state index contributed by atoms with van der Waals surface area (Å²) in [5, 5.41) is 9.61. The van der Waals surface area contributed by atoms with Gasteiger partial charge in [0.1, 0.15) is 6.42 Å². The lowest BCUT2D eigenvalue weighted by Crippen LogP contribution is -2.46. The number of hydrogen-bond acceptors (Lipinski definition) is 3. The number of nitrogens with zero attached hydrogens (tertiary/aromatic N) is 1. The first-order valence-corrected chi connectivity index (χ1v) is 2.12. The highest BCUT2D eigenvalue weighted by Gasteiger charge is 2.52.